The zero-order valence-electron chi connectivity index (χ0n) is 23.2. The minimum absolute atomic E-state index is 0.368. The standard InChI is InChI=1S/C36H33BO2/c1-9-24-12-11-13-31-32-19-18-30(29(10-2)34(32)23(4)22(3)33(24)31)27-15-14-26-21-28(17-16-25(26)20-27)37-38-35(5,6)36(7,8)39-37/h9-21H,1-4H2,5-8H3. The maximum atomic E-state index is 6.28. The first-order chi connectivity index (χ1) is 18.6. The van der Waals surface area contributed by atoms with Gasteiger partial charge in [-0.05, 0) is 104 Å². The van der Waals surface area contributed by atoms with Gasteiger partial charge >= 0.3 is 7.12 Å². The summed E-state index contributed by atoms with van der Waals surface area (Å²) in [5.74, 6) is 0. The molecule has 0 atom stereocenters. The third kappa shape index (κ3) is 3.80. The molecule has 1 aliphatic rings. The smallest absolute Gasteiger partial charge is 0.399 e. The van der Waals surface area contributed by atoms with Crippen molar-refractivity contribution in [2.45, 2.75) is 38.9 Å². The van der Waals surface area contributed by atoms with Crippen molar-refractivity contribution >= 4 is 70.2 Å². The molecule has 0 saturated carbocycles. The largest absolute Gasteiger partial charge is 0.494 e. The Labute approximate surface area is 230 Å². The lowest BCUT2D eigenvalue weighted by molar-refractivity contribution is 0.00578. The molecule has 1 heterocycles. The Balaban J connectivity index is 1.49. The normalized spacial score (nSPS) is 16.3. The maximum absolute atomic E-state index is 6.28. The Morgan fingerprint density at radius 3 is 2.03 bits per heavy atom. The van der Waals surface area contributed by atoms with E-state index in [1.165, 1.54) is 0 Å². The molecule has 1 fully saturated rings. The molecule has 0 radical (unpaired) electrons. The molecule has 0 bridgehead atoms. The molecule has 6 rings (SSSR count). The van der Waals surface area contributed by atoms with Gasteiger partial charge < -0.3 is 9.31 Å². The van der Waals surface area contributed by atoms with Crippen LogP contribution in [0.25, 0.3) is 68.8 Å². The van der Waals surface area contributed by atoms with Crippen LogP contribution in [0.1, 0.15) is 38.8 Å². The van der Waals surface area contributed by atoms with E-state index in [0.717, 1.165) is 70.5 Å². The second-order valence-electron chi connectivity index (χ2n) is 11.5. The van der Waals surface area contributed by atoms with E-state index in [-0.39, 0.29) is 18.3 Å². The number of fused-ring (bicyclic) bond motifs is 4. The SMILES string of the molecule is C=Cc1cccc2c1c(=C)c(=C)c1c(C=C)c(-c3ccc4cc(B5OC(C)(C)C(C)(C)O5)ccc4c3)ccc12. The van der Waals surface area contributed by atoms with Crippen molar-refractivity contribution in [3.63, 3.8) is 0 Å². The molecule has 5 aromatic rings. The number of benzene rings is 5. The van der Waals surface area contributed by atoms with Crippen LogP contribution < -0.4 is 15.9 Å². The van der Waals surface area contributed by atoms with Crippen LogP contribution in [0.2, 0.25) is 0 Å². The van der Waals surface area contributed by atoms with Gasteiger partial charge in [0.2, 0.25) is 0 Å². The van der Waals surface area contributed by atoms with Gasteiger partial charge in [-0.25, -0.2) is 0 Å². The van der Waals surface area contributed by atoms with Crippen LogP contribution in [0.5, 0.6) is 0 Å². The van der Waals surface area contributed by atoms with Gasteiger partial charge in [0.15, 0.2) is 0 Å². The second kappa shape index (κ2) is 8.81. The van der Waals surface area contributed by atoms with Gasteiger partial charge in [0.05, 0.1) is 11.2 Å². The molecule has 1 aliphatic heterocycles. The van der Waals surface area contributed by atoms with Gasteiger partial charge in [-0.1, -0.05) is 99.1 Å². The van der Waals surface area contributed by atoms with E-state index in [2.05, 4.69) is 121 Å². The third-order valence-electron chi connectivity index (χ3n) is 8.72. The van der Waals surface area contributed by atoms with Crippen molar-refractivity contribution in [3.8, 4) is 11.1 Å². The minimum Gasteiger partial charge on any atom is -0.399 e. The van der Waals surface area contributed by atoms with E-state index in [0.29, 0.717) is 0 Å². The van der Waals surface area contributed by atoms with Crippen molar-refractivity contribution in [2.24, 2.45) is 0 Å². The lowest BCUT2D eigenvalue weighted by Gasteiger charge is -2.32. The summed E-state index contributed by atoms with van der Waals surface area (Å²) in [5, 5.41) is 8.67. The van der Waals surface area contributed by atoms with Gasteiger partial charge in [-0.2, -0.15) is 0 Å². The fourth-order valence-corrected chi connectivity index (χ4v) is 5.79. The van der Waals surface area contributed by atoms with E-state index < -0.39 is 0 Å². The molecule has 3 heteroatoms. The van der Waals surface area contributed by atoms with Crippen molar-refractivity contribution in [3.05, 3.63) is 101 Å². The van der Waals surface area contributed by atoms with E-state index in [9.17, 15) is 0 Å². The first-order valence-electron chi connectivity index (χ1n) is 13.4. The second-order valence-corrected chi connectivity index (χ2v) is 11.5. The molecular formula is C36H33BO2. The topological polar surface area (TPSA) is 18.5 Å². The van der Waals surface area contributed by atoms with Crippen LogP contribution in [-0.4, -0.2) is 18.3 Å². The molecule has 0 aromatic heterocycles. The van der Waals surface area contributed by atoms with Crippen LogP contribution in [-0.2, 0) is 9.31 Å². The highest BCUT2D eigenvalue weighted by atomic mass is 16.7. The molecule has 1 saturated heterocycles. The van der Waals surface area contributed by atoms with Gasteiger partial charge in [-0.3, -0.25) is 0 Å². The minimum atomic E-state index is -0.379. The molecular weight excluding hydrogens is 475 g/mol. The molecule has 39 heavy (non-hydrogen) atoms. The summed E-state index contributed by atoms with van der Waals surface area (Å²) < 4.78 is 12.6. The Morgan fingerprint density at radius 1 is 0.692 bits per heavy atom. The molecule has 5 aromatic carbocycles. The predicted octanol–water partition coefficient (Wildman–Crippen LogP) is 7.22. The van der Waals surface area contributed by atoms with Crippen LogP contribution >= 0.6 is 0 Å². The quantitative estimate of drug-likeness (QED) is 0.189. The Morgan fingerprint density at radius 2 is 1.33 bits per heavy atom. The van der Waals surface area contributed by atoms with Crippen molar-refractivity contribution in [2.75, 3.05) is 0 Å². The maximum Gasteiger partial charge on any atom is 0.494 e. The van der Waals surface area contributed by atoms with Gasteiger partial charge in [0.25, 0.3) is 0 Å². The zero-order chi connectivity index (χ0) is 27.7. The van der Waals surface area contributed by atoms with Gasteiger partial charge in [-0.15, -0.1) is 0 Å². The Kier molecular flexibility index (Phi) is 5.73. The van der Waals surface area contributed by atoms with E-state index in [1.54, 1.807) is 0 Å². The summed E-state index contributed by atoms with van der Waals surface area (Å²) in [6.45, 7) is 25.4. The molecule has 0 unspecified atom stereocenters. The first kappa shape index (κ1) is 25.4. The first-order valence-corrected chi connectivity index (χ1v) is 13.4. The van der Waals surface area contributed by atoms with Gasteiger partial charge in [0, 0.05) is 0 Å². The third-order valence-corrected chi connectivity index (χ3v) is 8.72. The average Bonchev–Trinajstić information content (AvgIpc) is 3.16. The highest BCUT2D eigenvalue weighted by molar-refractivity contribution is 6.62. The number of hydrogen-bond donors (Lipinski definition) is 0. The highest BCUT2D eigenvalue weighted by Crippen LogP contribution is 2.37. The molecule has 0 spiro atoms. The van der Waals surface area contributed by atoms with Crippen LogP contribution in [0, 0.1) is 0 Å². The van der Waals surface area contributed by atoms with E-state index >= 15 is 0 Å². The summed E-state index contributed by atoms with van der Waals surface area (Å²) >= 11 is 0. The van der Waals surface area contributed by atoms with Crippen molar-refractivity contribution in [1.82, 2.24) is 0 Å². The number of hydrogen-bond acceptors (Lipinski definition) is 2. The summed E-state index contributed by atoms with van der Waals surface area (Å²) in [6.07, 6.45) is 3.83. The summed E-state index contributed by atoms with van der Waals surface area (Å²) in [5.41, 5.74) is 4.69. The molecule has 0 aliphatic carbocycles. The predicted molar refractivity (Wildman–Crippen MR) is 171 cm³/mol. The highest BCUT2D eigenvalue weighted by Gasteiger charge is 2.51. The molecule has 0 amide bonds. The van der Waals surface area contributed by atoms with Crippen LogP contribution in [0.15, 0.2) is 79.9 Å². The Hall–Kier alpha value is -3.92. The lowest BCUT2D eigenvalue weighted by Crippen LogP contribution is -2.41. The van der Waals surface area contributed by atoms with Crippen LogP contribution in [0.3, 0.4) is 0 Å². The summed E-state index contributed by atoms with van der Waals surface area (Å²) in [7, 11) is -0.379. The monoisotopic (exact) mass is 508 g/mol. The van der Waals surface area contributed by atoms with E-state index in [1.807, 2.05) is 12.2 Å². The van der Waals surface area contributed by atoms with Crippen molar-refractivity contribution < 1.29 is 9.31 Å². The summed E-state index contributed by atoms with van der Waals surface area (Å²) in [6, 6.07) is 23.7. The van der Waals surface area contributed by atoms with E-state index in [4.69, 9.17) is 9.31 Å². The van der Waals surface area contributed by atoms with Crippen LogP contribution in [0.4, 0.5) is 0 Å². The fraction of sp³-hybridized carbons (Fsp3) is 0.167. The molecule has 0 N–H and O–H groups in total. The van der Waals surface area contributed by atoms with Gasteiger partial charge in [0.1, 0.15) is 0 Å². The lowest BCUT2D eigenvalue weighted by atomic mass is 9.78. The summed E-state index contributed by atoms with van der Waals surface area (Å²) in [4.78, 5) is 0. The fourth-order valence-electron chi connectivity index (χ4n) is 5.79. The Bertz CT molecular complexity index is 1930. The molecule has 2 nitrogen and oxygen atoms in total. The number of rotatable bonds is 4. The zero-order valence-corrected chi connectivity index (χ0v) is 23.2. The van der Waals surface area contributed by atoms with Crippen molar-refractivity contribution in [1.29, 1.82) is 0 Å². The molecule has 192 valence electrons. The average molecular weight is 508 g/mol.